The van der Waals surface area contributed by atoms with Crippen molar-refractivity contribution in [2.24, 2.45) is 0 Å². The Morgan fingerprint density at radius 1 is 1.18 bits per heavy atom. The van der Waals surface area contributed by atoms with Crippen molar-refractivity contribution in [2.75, 3.05) is 0 Å². The zero-order valence-electron chi connectivity index (χ0n) is 8.49. The van der Waals surface area contributed by atoms with Gasteiger partial charge in [0.1, 0.15) is 5.76 Å². The highest BCUT2D eigenvalue weighted by atomic mass is 19.4. The number of halogens is 3. The van der Waals surface area contributed by atoms with Crippen molar-refractivity contribution in [3.63, 3.8) is 0 Å². The number of cyclic esters (lactones) is 1. The van der Waals surface area contributed by atoms with Gasteiger partial charge in [0.15, 0.2) is 0 Å². The molecule has 5 heteroatoms. The summed E-state index contributed by atoms with van der Waals surface area (Å²) in [6.07, 6.45) is -0.393. The maximum Gasteiger partial charge on any atom is 0.416 e. The zero-order chi connectivity index (χ0) is 12.5. The van der Waals surface area contributed by atoms with Crippen LogP contribution in [0.3, 0.4) is 0 Å². The van der Waals surface area contributed by atoms with Gasteiger partial charge in [-0.3, -0.25) is 0 Å². The lowest BCUT2D eigenvalue weighted by atomic mass is 10.1. The highest BCUT2D eigenvalue weighted by Crippen LogP contribution is 2.30. The van der Waals surface area contributed by atoms with E-state index in [1.807, 2.05) is 0 Å². The Morgan fingerprint density at radius 2 is 1.94 bits per heavy atom. The van der Waals surface area contributed by atoms with E-state index >= 15 is 0 Å². The van der Waals surface area contributed by atoms with Crippen LogP contribution in [0.1, 0.15) is 11.1 Å². The lowest BCUT2D eigenvalue weighted by molar-refractivity contribution is -0.137. The number of carbonyl (C=O) groups is 1. The van der Waals surface area contributed by atoms with Crippen LogP contribution < -0.4 is 0 Å². The molecule has 0 bridgehead atoms. The molecule has 1 aliphatic rings. The molecule has 0 aromatic heterocycles. The van der Waals surface area contributed by atoms with Crippen LogP contribution in [0.2, 0.25) is 0 Å². The van der Waals surface area contributed by atoms with Gasteiger partial charge in [-0.15, -0.1) is 0 Å². The monoisotopic (exact) mass is 240 g/mol. The summed E-state index contributed by atoms with van der Waals surface area (Å²) in [7, 11) is 0. The molecular formula is C12H7F3O2. The Kier molecular flexibility index (Phi) is 2.75. The topological polar surface area (TPSA) is 26.3 Å². The van der Waals surface area contributed by atoms with Gasteiger partial charge in [-0.1, -0.05) is 12.1 Å². The minimum Gasteiger partial charge on any atom is -0.423 e. The standard InChI is InChI=1S/C12H7F3O2/c13-12(14,15)9-3-1-2-8(6-9)7-10-4-5-11(16)17-10/h1-7H/b10-7+. The van der Waals surface area contributed by atoms with Crippen molar-refractivity contribution < 1.29 is 22.7 Å². The molecule has 1 aromatic rings. The number of hydrogen-bond donors (Lipinski definition) is 0. The fraction of sp³-hybridized carbons (Fsp3) is 0.0833. The molecule has 1 heterocycles. The average molecular weight is 240 g/mol. The number of allylic oxidation sites excluding steroid dienone is 1. The summed E-state index contributed by atoms with van der Waals surface area (Å²) in [5.41, 5.74) is -0.408. The summed E-state index contributed by atoms with van der Waals surface area (Å²) >= 11 is 0. The van der Waals surface area contributed by atoms with Gasteiger partial charge in [-0.25, -0.2) is 4.79 Å². The predicted molar refractivity (Wildman–Crippen MR) is 54.7 cm³/mol. The van der Waals surface area contributed by atoms with Crippen LogP contribution in [0.15, 0.2) is 42.2 Å². The van der Waals surface area contributed by atoms with Gasteiger partial charge in [0.25, 0.3) is 0 Å². The van der Waals surface area contributed by atoms with E-state index in [1.165, 1.54) is 30.4 Å². The molecular weight excluding hydrogens is 233 g/mol. The normalized spacial score (nSPS) is 17.6. The van der Waals surface area contributed by atoms with Crippen molar-refractivity contribution in [3.8, 4) is 0 Å². The Balaban J connectivity index is 2.29. The molecule has 2 rings (SSSR count). The molecule has 0 N–H and O–H groups in total. The van der Waals surface area contributed by atoms with Crippen LogP contribution in [-0.2, 0) is 15.7 Å². The maximum atomic E-state index is 12.4. The summed E-state index contributed by atoms with van der Waals surface area (Å²) in [4.78, 5) is 10.7. The zero-order valence-corrected chi connectivity index (χ0v) is 8.49. The Morgan fingerprint density at radius 3 is 2.53 bits per heavy atom. The summed E-state index contributed by atoms with van der Waals surface area (Å²) in [5, 5.41) is 0. The highest BCUT2D eigenvalue weighted by molar-refractivity contribution is 5.87. The first kappa shape index (κ1) is 11.4. The molecule has 17 heavy (non-hydrogen) atoms. The first-order chi connectivity index (χ1) is 7.95. The van der Waals surface area contributed by atoms with Gasteiger partial charge in [0, 0.05) is 6.08 Å². The molecule has 0 saturated heterocycles. The summed E-state index contributed by atoms with van der Waals surface area (Å²) < 4.78 is 42.0. The number of benzene rings is 1. The molecule has 2 nitrogen and oxygen atoms in total. The number of esters is 1. The molecule has 0 saturated carbocycles. The summed E-state index contributed by atoms with van der Waals surface area (Å²) in [6.45, 7) is 0. The van der Waals surface area contributed by atoms with Crippen molar-refractivity contribution in [1.29, 1.82) is 0 Å². The van der Waals surface area contributed by atoms with Crippen LogP contribution in [-0.4, -0.2) is 5.97 Å². The van der Waals surface area contributed by atoms with Crippen LogP contribution >= 0.6 is 0 Å². The predicted octanol–water partition coefficient (Wildman–Crippen LogP) is 3.16. The first-order valence-corrected chi connectivity index (χ1v) is 4.74. The molecule has 0 unspecified atom stereocenters. The van der Waals surface area contributed by atoms with Gasteiger partial charge in [-0.2, -0.15) is 13.2 Å². The molecule has 0 amide bonds. The number of hydrogen-bond acceptors (Lipinski definition) is 2. The van der Waals surface area contributed by atoms with E-state index in [2.05, 4.69) is 0 Å². The average Bonchev–Trinajstić information content (AvgIpc) is 2.63. The molecule has 1 aliphatic heterocycles. The minimum atomic E-state index is -4.38. The van der Waals surface area contributed by atoms with E-state index in [9.17, 15) is 18.0 Å². The first-order valence-electron chi connectivity index (χ1n) is 4.74. The van der Waals surface area contributed by atoms with Crippen molar-refractivity contribution in [1.82, 2.24) is 0 Å². The Bertz CT molecular complexity index is 513. The third-order valence-electron chi connectivity index (χ3n) is 2.13. The Labute approximate surface area is 95.0 Å². The van der Waals surface area contributed by atoms with Gasteiger partial charge < -0.3 is 4.74 Å². The van der Waals surface area contributed by atoms with Gasteiger partial charge in [0.2, 0.25) is 0 Å². The summed E-state index contributed by atoms with van der Waals surface area (Å²) in [6, 6.07) is 4.78. The van der Waals surface area contributed by atoms with Crippen LogP contribution in [0, 0.1) is 0 Å². The molecule has 1 aromatic carbocycles. The van der Waals surface area contributed by atoms with Gasteiger partial charge in [0.05, 0.1) is 5.56 Å². The van der Waals surface area contributed by atoms with Crippen LogP contribution in [0.4, 0.5) is 13.2 Å². The molecule has 0 spiro atoms. The lowest BCUT2D eigenvalue weighted by Gasteiger charge is -2.06. The Hall–Kier alpha value is -2.04. The largest absolute Gasteiger partial charge is 0.423 e. The van der Waals surface area contributed by atoms with Crippen molar-refractivity contribution in [3.05, 3.63) is 53.3 Å². The quantitative estimate of drug-likeness (QED) is 0.705. The van der Waals surface area contributed by atoms with E-state index in [1.54, 1.807) is 0 Å². The third kappa shape index (κ3) is 2.75. The smallest absolute Gasteiger partial charge is 0.416 e. The van der Waals surface area contributed by atoms with Gasteiger partial charge in [-0.05, 0) is 29.8 Å². The van der Waals surface area contributed by atoms with E-state index < -0.39 is 17.7 Å². The number of carbonyl (C=O) groups excluding carboxylic acids is 1. The van der Waals surface area contributed by atoms with Crippen molar-refractivity contribution in [2.45, 2.75) is 6.18 Å². The second-order valence-electron chi connectivity index (χ2n) is 3.42. The molecule has 0 atom stereocenters. The molecule has 0 fully saturated rings. The van der Waals surface area contributed by atoms with E-state index in [-0.39, 0.29) is 5.76 Å². The minimum absolute atomic E-state index is 0.231. The highest BCUT2D eigenvalue weighted by Gasteiger charge is 2.30. The lowest BCUT2D eigenvalue weighted by Crippen LogP contribution is -2.04. The maximum absolute atomic E-state index is 12.4. The van der Waals surface area contributed by atoms with Gasteiger partial charge >= 0.3 is 12.1 Å². The molecule has 0 aliphatic carbocycles. The number of alkyl halides is 3. The third-order valence-corrected chi connectivity index (χ3v) is 2.13. The van der Waals surface area contributed by atoms with Crippen molar-refractivity contribution >= 4 is 12.0 Å². The van der Waals surface area contributed by atoms with E-state index in [0.29, 0.717) is 5.56 Å². The van der Waals surface area contributed by atoms with E-state index in [0.717, 1.165) is 12.1 Å². The second-order valence-corrected chi connectivity index (χ2v) is 3.42. The second kappa shape index (κ2) is 4.08. The molecule has 0 radical (unpaired) electrons. The fourth-order valence-corrected chi connectivity index (χ4v) is 1.38. The SMILES string of the molecule is O=C1C=C/C(=C\c2cccc(C(F)(F)F)c2)O1. The molecule has 88 valence electrons. The van der Waals surface area contributed by atoms with Crippen LogP contribution in [0.5, 0.6) is 0 Å². The number of rotatable bonds is 1. The fourth-order valence-electron chi connectivity index (χ4n) is 1.38. The van der Waals surface area contributed by atoms with Crippen LogP contribution in [0.25, 0.3) is 6.08 Å². The summed E-state index contributed by atoms with van der Waals surface area (Å²) in [5.74, 6) is -0.294. The van der Waals surface area contributed by atoms with E-state index in [4.69, 9.17) is 4.74 Å². The number of ether oxygens (including phenoxy) is 1.